The molecule has 0 fully saturated rings. The summed E-state index contributed by atoms with van der Waals surface area (Å²) < 4.78 is 1.61. The fourth-order valence-corrected chi connectivity index (χ4v) is 2.06. The third kappa shape index (κ3) is 2.37. The van der Waals surface area contributed by atoms with E-state index in [1.807, 2.05) is 24.3 Å². The Morgan fingerprint density at radius 3 is 2.73 bits per heavy atom. The van der Waals surface area contributed by atoms with E-state index in [-0.39, 0.29) is 5.95 Å². The molecule has 110 valence electrons. The highest BCUT2D eigenvalue weighted by atomic mass is 15.4. The molecule has 0 radical (unpaired) electrons. The molecule has 0 saturated heterocycles. The van der Waals surface area contributed by atoms with Gasteiger partial charge in [-0.25, -0.2) is 4.98 Å². The first-order chi connectivity index (χ1) is 10.7. The summed E-state index contributed by atoms with van der Waals surface area (Å²) in [6.07, 6.45) is 4.76. The summed E-state index contributed by atoms with van der Waals surface area (Å²) in [4.78, 5) is 12.0. The molecule has 2 heterocycles. The first-order valence-electron chi connectivity index (χ1n) is 6.51. The van der Waals surface area contributed by atoms with Crippen LogP contribution in [0.3, 0.4) is 0 Å². The number of nitrogens with two attached hydrogens (primary N) is 2. The van der Waals surface area contributed by atoms with Crippen LogP contribution in [0.25, 0.3) is 22.4 Å². The van der Waals surface area contributed by atoms with E-state index in [1.54, 1.807) is 24.1 Å². The fourth-order valence-electron chi connectivity index (χ4n) is 2.06. The summed E-state index contributed by atoms with van der Waals surface area (Å²) in [5, 5.41) is 8.10. The SMILES string of the molecule is CN=CC(=CN)c1ccc(-n2nnc3cnc(N)nc32)cc1. The van der Waals surface area contributed by atoms with Gasteiger partial charge in [-0.3, -0.25) is 4.99 Å². The van der Waals surface area contributed by atoms with Crippen molar-refractivity contribution in [2.24, 2.45) is 10.7 Å². The lowest BCUT2D eigenvalue weighted by molar-refractivity contribution is 0.817. The van der Waals surface area contributed by atoms with Crippen molar-refractivity contribution in [2.45, 2.75) is 0 Å². The second-order valence-corrected chi connectivity index (χ2v) is 4.49. The number of aromatic nitrogens is 5. The van der Waals surface area contributed by atoms with Crippen molar-refractivity contribution in [1.29, 1.82) is 0 Å². The molecular weight excluding hydrogens is 280 g/mol. The van der Waals surface area contributed by atoms with E-state index in [0.717, 1.165) is 16.8 Å². The Labute approximate surface area is 126 Å². The first-order valence-corrected chi connectivity index (χ1v) is 6.51. The molecule has 1 aromatic carbocycles. The number of aliphatic imine (C=N–C) groups is 1. The summed E-state index contributed by atoms with van der Waals surface area (Å²) in [6, 6.07) is 7.64. The molecule has 8 heteroatoms. The molecule has 2 aromatic heterocycles. The molecule has 0 atom stereocenters. The minimum absolute atomic E-state index is 0.181. The smallest absolute Gasteiger partial charge is 0.222 e. The van der Waals surface area contributed by atoms with Crippen molar-refractivity contribution in [3.8, 4) is 5.69 Å². The van der Waals surface area contributed by atoms with Gasteiger partial charge in [-0.2, -0.15) is 9.67 Å². The van der Waals surface area contributed by atoms with Gasteiger partial charge >= 0.3 is 0 Å². The Morgan fingerprint density at radius 2 is 2.05 bits per heavy atom. The number of anilines is 1. The summed E-state index contributed by atoms with van der Waals surface area (Å²) >= 11 is 0. The van der Waals surface area contributed by atoms with Crippen molar-refractivity contribution in [3.63, 3.8) is 0 Å². The zero-order valence-electron chi connectivity index (χ0n) is 11.9. The number of nitrogen functional groups attached to an aromatic ring is 1. The number of hydrogen-bond acceptors (Lipinski definition) is 7. The minimum atomic E-state index is 0.181. The highest BCUT2D eigenvalue weighted by Gasteiger charge is 2.09. The van der Waals surface area contributed by atoms with Crippen molar-refractivity contribution < 1.29 is 0 Å². The Morgan fingerprint density at radius 1 is 1.27 bits per heavy atom. The van der Waals surface area contributed by atoms with Crippen molar-refractivity contribution in [2.75, 3.05) is 12.8 Å². The average Bonchev–Trinajstić information content (AvgIpc) is 2.96. The molecule has 8 nitrogen and oxygen atoms in total. The van der Waals surface area contributed by atoms with E-state index in [2.05, 4.69) is 25.3 Å². The third-order valence-corrected chi connectivity index (χ3v) is 3.10. The van der Waals surface area contributed by atoms with Gasteiger partial charge < -0.3 is 11.5 Å². The molecule has 22 heavy (non-hydrogen) atoms. The maximum atomic E-state index is 5.62. The van der Waals surface area contributed by atoms with Crippen LogP contribution in [0.2, 0.25) is 0 Å². The number of fused-ring (bicyclic) bond motifs is 1. The third-order valence-electron chi connectivity index (χ3n) is 3.10. The molecule has 3 rings (SSSR count). The Bertz CT molecular complexity index is 860. The standard InChI is InChI=1S/C14H14N8/c1-17-7-10(6-15)9-2-4-11(5-3-9)22-13-12(20-21-22)8-18-14(16)19-13/h2-8H,15H2,1H3,(H2,16,18,19). The van der Waals surface area contributed by atoms with E-state index in [9.17, 15) is 0 Å². The number of nitrogens with zero attached hydrogens (tertiary/aromatic N) is 6. The van der Waals surface area contributed by atoms with Gasteiger partial charge in [-0.15, -0.1) is 5.10 Å². The van der Waals surface area contributed by atoms with Crippen LogP contribution in [0.5, 0.6) is 0 Å². The molecule has 4 N–H and O–H groups in total. The highest BCUT2D eigenvalue weighted by molar-refractivity contribution is 6.09. The van der Waals surface area contributed by atoms with E-state index in [0.29, 0.717) is 11.2 Å². The Kier molecular flexibility index (Phi) is 3.48. The second-order valence-electron chi connectivity index (χ2n) is 4.49. The van der Waals surface area contributed by atoms with Gasteiger partial charge in [0.2, 0.25) is 5.95 Å². The molecule has 0 unspecified atom stereocenters. The number of hydrogen-bond donors (Lipinski definition) is 2. The molecule has 0 spiro atoms. The summed E-state index contributed by atoms with van der Waals surface area (Å²) in [7, 11) is 1.70. The molecule has 0 aliphatic heterocycles. The molecule has 0 saturated carbocycles. The lowest BCUT2D eigenvalue weighted by Gasteiger charge is -2.05. The zero-order valence-corrected chi connectivity index (χ0v) is 11.9. The topological polar surface area (TPSA) is 121 Å². The van der Waals surface area contributed by atoms with Gasteiger partial charge in [0.1, 0.15) is 0 Å². The Hall–Kier alpha value is -3.29. The maximum absolute atomic E-state index is 5.62. The predicted molar refractivity (Wildman–Crippen MR) is 85.4 cm³/mol. The van der Waals surface area contributed by atoms with Crippen LogP contribution in [-0.4, -0.2) is 38.2 Å². The highest BCUT2D eigenvalue weighted by Crippen LogP contribution is 2.18. The van der Waals surface area contributed by atoms with Crippen LogP contribution in [-0.2, 0) is 0 Å². The van der Waals surface area contributed by atoms with Crippen molar-refractivity contribution >= 4 is 28.9 Å². The van der Waals surface area contributed by atoms with Crippen LogP contribution in [0.1, 0.15) is 5.56 Å². The number of benzene rings is 1. The van der Waals surface area contributed by atoms with E-state index in [4.69, 9.17) is 11.5 Å². The maximum Gasteiger partial charge on any atom is 0.222 e. The fraction of sp³-hybridized carbons (Fsp3) is 0.0714. The van der Waals surface area contributed by atoms with Gasteiger partial charge in [-0.1, -0.05) is 17.3 Å². The summed E-state index contributed by atoms with van der Waals surface area (Å²) in [6.45, 7) is 0. The van der Waals surface area contributed by atoms with Gasteiger partial charge in [-0.05, 0) is 17.7 Å². The largest absolute Gasteiger partial charge is 0.404 e. The van der Waals surface area contributed by atoms with E-state index >= 15 is 0 Å². The molecule has 0 aliphatic carbocycles. The molecular formula is C14H14N8. The van der Waals surface area contributed by atoms with Crippen LogP contribution >= 0.6 is 0 Å². The van der Waals surface area contributed by atoms with Gasteiger partial charge in [0.25, 0.3) is 0 Å². The van der Waals surface area contributed by atoms with Crippen LogP contribution < -0.4 is 11.5 Å². The quantitative estimate of drug-likeness (QED) is 0.689. The van der Waals surface area contributed by atoms with Crippen LogP contribution in [0.15, 0.2) is 41.7 Å². The predicted octanol–water partition coefficient (Wildman–Crippen LogP) is 0.793. The van der Waals surface area contributed by atoms with Crippen molar-refractivity contribution in [1.82, 2.24) is 25.0 Å². The van der Waals surface area contributed by atoms with E-state index < -0.39 is 0 Å². The normalized spacial score (nSPS) is 12.3. The minimum Gasteiger partial charge on any atom is -0.404 e. The lowest BCUT2D eigenvalue weighted by atomic mass is 10.1. The van der Waals surface area contributed by atoms with Gasteiger partial charge in [0, 0.05) is 25.0 Å². The summed E-state index contributed by atoms with van der Waals surface area (Å²) in [5.74, 6) is 0.181. The van der Waals surface area contributed by atoms with E-state index in [1.165, 1.54) is 6.20 Å². The molecule has 0 bridgehead atoms. The number of allylic oxidation sites excluding steroid dienone is 1. The second kappa shape index (κ2) is 5.60. The first kappa shape index (κ1) is 13.7. The molecule has 0 amide bonds. The van der Waals surface area contributed by atoms with Crippen LogP contribution in [0.4, 0.5) is 5.95 Å². The average molecular weight is 294 g/mol. The lowest BCUT2D eigenvalue weighted by Crippen LogP contribution is -2.01. The summed E-state index contributed by atoms with van der Waals surface area (Å²) in [5.41, 5.74) is 15.0. The van der Waals surface area contributed by atoms with Gasteiger partial charge in [0.05, 0.1) is 11.9 Å². The monoisotopic (exact) mass is 294 g/mol. The molecule has 0 aliphatic rings. The Balaban J connectivity index is 2.03. The van der Waals surface area contributed by atoms with Crippen molar-refractivity contribution in [3.05, 3.63) is 42.2 Å². The molecule has 3 aromatic rings. The number of rotatable bonds is 3. The van der Waals surface area contributed by atoms with Crippen LogP contribution in [0, 0.1) is 0 Å². The zero-order chi connectivity index (χ0) is 15.5. The van der Waals surface area contributed by atoms with Gasteiger partial charge in [0.15, 0.2) is 11.2 Å².